The molecule has 3 N–H and O–H groups in total. The first-order valence-electron chi connectivity index (χ1n) is 5.68. The SMILES string of the molecule is O=C(O)c1ccc(O)c(/C=N/Nc2ccccc2F)c1. The van der Waals surface area contributed by atoms with E-state index in [2.05, 4.69) is 10.5 Å². The van der Waals surface area contributed by atoms with Gasteiger partial charge in [-0.05, 0) is 30.3 Å². The minimum Gasteiger partial charge on any atom is -0.507 e. The molecule has 2 aromatic carbocycles. The zero-order valence-electron chi connectivity index (χ0n) is 10.2. The van der Waals surface area contributed by atoms with Crippen molar-refractivity contribution in [2.45, 2.75) is 0 Å². The molecule has 102 valence electrons. The van der Waals surface area contributed by atoms with Gasteiger partial charge in [0.2, 0.25) is 0 Å². The van der Waals surface area contributed by atoms with Crippen molar-refractivity contribution < 1.29 is 19.4 Å². The van der Waals surface area contributed by atoms with Gasteiger partial charge in [-0.25, -0.2) is 9.18 Å². The summed E-state index contributed by atoms with van der Waals surface area (Å²) in [4.78, 5) is 10.8. The molecule has 0 unspecified atom stereocenters. The van der Waals surface area contributed by atoms with Crippen molar-refractivity contribution >= 4 is 17.9 Å². The number of carboxylic acids is 1. The highest BCUT2D eigenvalue weighted by Gasteiger charge is 2.06. The first kappa shape index (κ1) is 13.5. The van der Waals surface area contributed by atoms with E-state index in [0.29, 0.717) is 0 Å². The van der Waals surface area contributed by atoms with E-state index in [-0.39, 0.29) is 22.6 Å². The highest BCUT2D eigenvalue weighted by atomic mass is 19.1. The minimum absolute atomic E-state index is 0.0233. The summed E-state index contributed by atoms with van der Waals surface area (Å²) >= 11 is 0. The lowest BCUT2D eigenvalue weighted by molar-refractivity contribution is 0.0697. The standard InChI is InChI=1S/C14H11FN2O3/c15-11-3-1-2-4-12(11)17-16-8-10-7-9(14(19)20)5-6-13(10)18/h1-8,17-18H,(H,19,20)/b16-8+. The predicted octanol–water partition coefficient (Wildman–Crippen LogP) is 2.68. The van der Waals surface area contributed by atoms with Gasteiger partial charge in [0.25, 0.3) is 0 Å². The summed E-state index contributed by atoms with van der Waals surface area (Å²) in [7, 11) is 0. The number of phenols is 1. The molecule has 5 nitrogen and oxygen atoms in total. The van der Waals surface area contributed by atoms with Crippen LogP contribution in [0.5, 0.6) is 5.75 Å². The fraction of sp³-hybridized carbons (Fsp3) is 0. The molecule has 0 saturated heterocycles. The number of carboxylic acid groups (broad SMARTS) is 1. The van der Waals surface area contributed by atoms with Gasteiger partial charge >= 0.3 is 5.97 Å². The van der Waals surface area contributed by atoms with E-state index in [1.807, 2.05) is 0 Å². The summed E-state index contributed by atoms with van der Waals surface area (Å²) in [5.74, 6) is -1.69. The zero-order valence-corrected chi connectivity index (χ0v) is 10.2. The van der Waals surface area contributed by atoms with Crippen molar-refractivity contribution in [2.75, 3.05) is 5.43 Å². The van der Waals surface area contributed by atoms with Gasteiger partial charge in [-0.2, -0.15) is 5.10 Å². The van der Waals surface area contributed by atoms with Crippen molar-refractivity contribution in [1.82, 2.24) is 0 Å². The number of hydrazone groups is 1. The first-order chi connectivity index (χ1) is 9.58. The smallest absolute Gasteiger partial charge is 0.335 e. The van der Waals surface area contributed by atoms with Gasteiger partial charge in [0.15, 0.2) is 0 Å². The van der Waals surface area contributed by atoms with Gasteiger partial charge < -0.3 is 10.2 Å². The molecule has 0 atom stereocenters. The number of hydrogen-bond donors (Lipinski definition) is 3. The van der Waals surface area contributed by atoms with Crippen LogP contribution in [-0.2, 0) is 0 Å². The summed E-state index contributed by atoms with van der Waals surface area (Å²) in [5.41, 5.74) is 2.89. The van der Waals surface area contributed by atoms with Crippen LogP contribution in [0.15, 0.2) is 47.6 Å². The molecule has 6 heteroatoms. The first-order valence-corrected chi connectivity index (χ1v) is 5.68. The van der Waals surface area contributed by atoms with Gasteiger partial charge in [0.05, 0.1) is 17.5 Å². The quantitative estimate of drug-likeness (QED) is 0.591. The van der Waals surface area contributed by atoms with Gasteiger partial charge in [0, 0.05) is 5.56 Å². The molecule has 0 saturated carbocycles. The third kappa shape index (κ3) is 3.11. The number of phenolic OH excluding ortho intramolecular Hbond substituents is 1. The third-order valence-corrected chi connectivity index (χ3v) is 2.54. The summed E-state index contributed by atoms with van der Waals surface area (Å²) in [6.45, 7) is 0. The number of carbonyl (C=O) groups is 1. The van der Waals surface area contributed by atoms with Crippen LogP contribution in [-0.4, -0.2) is 22.4 Å². The molecule has 0 amide bonds. The molecule has 2 rings (SSSR count). The molecule has 0 radical (unpaired) electrons. The molecule has 0 heterocycles. The van der Waals surface area contributed by atoms with E-state index in [9.17, 15) is 14.3 Å². The number of para-hydroxylation sites is 1. The van der Waals surface area contributed by atoms with Crippen molar-refractivity contribution in [3.63, 3.8) is 0 Å². The maximum Gasteiger partial charge on any atom is 0.335 e. The summed E-state index contributed by atoms with van der Waals surface area (Å²) in [6, 6.07) is 9.77. The highest BCUT2D eigenvalue weighted by Crippen LogP contribution is 2.17. The Morgan fingerprint density at radius 2 is 2.00 bits per heavy atom. The fourth-order valence-electron chi connectivity index (χ4n) is 1.51. The van der Waals surface area contributed by atoms with Crippen molar-refractivity contribution in [3.05, 3.63) is 59.4 Å². The predicted molar refractivity (Wildman–Crippen MR) is 72.7 cm³/mol. The molecule has 0 bridgehead atoms. The van der Waals surface area contributed by atoms with Crippen molar-refractivity contribution in [3.8, 4) is 5.75 Å². The largest absolute Gasteiger partial charge is 0.507 e. The van der Waals surface area contributed by atoms with E-state index in [4.69, 9.17) is 5.11 Å². The summed E-state index contributed by atoms with van der Waals surface area (Å²) < 4.78 is 13.3. The number of halogens is 1. The number of anilines is 1. The minimum atomic E-state index is -1.11. The maximum absolute atomic E-state index is 13.3. The lowest BCUT2D eigenvalue weighted by atomic mass is 10.1. The van der Waals surface area contributed by atoms with Crippen LogP contribution in [0.25, 0.3) is 0 Å². The Hall–Kier alpha value is -2.89. The molecule has 0 aliphatic heterocycles. The van der Waals surface area contributed by atoms with Crippen LogP contribution in [0.2, 0.25) is 0 Å². The van der Waals surface area contributed by atoms with Crippen LogP contribution in [0, 0.1) is 5.82 Å². The number of aromatic carboxylic acids is 1. The Morgan fingerprint density at radius 1 is 1.25 bits per heavy atom. The average molecular weight is 274 g/mol. The van der Waals surface area contributed by atoms with Crippen LogP contribution >= 0.6 is 0 Å². The second-order valence-corrected chi connectivity index (χ2v) is 3.93. The second-order valence-electron chi connectivity index (χ2n) is 3.93. The normalized spacial score (nSPS) is 10.7. The van der Waals surface area contributed by atoms with Gasteiger partial charge in [-0.3, -0.25) is 5.43 Å². The Kier molecular flexibility index (Phi) is 3.95. The molecule has 0 spiro atoms. The van der Waals surface area contributed by atoms with Crippen molar-refractivity contribution in [2.24, 2.45) is 5.10 Å². The molecular formula is C14H11FN2O3. The topological polar surface area (TPSA) is 81.9 Å². The van der Waals surface area contributed by atoms with E-state index in [1.165, 1.54) is 36.5 Å². The second kappa shape index (κ2) is 5.83. The fourth-order valence-corrected chi connectivity index (χ4v) is 1.51. The van der Waals surface area contributed by atoms with Gasteiger partial charge in [-0.1, -0.05) is 12.1 Å². The average Bonchev–Trinajstić information content (AvgIpc) is 2.42. The number of hydrogen-bond acceptors (Lipinski definition) is 4. The van der Waals surface area contributed by atoms with Crippen LogP contribution in [0.1, 0.15) is 15.9 Å². The van der Waals surface area contributed by atoms with Gasteiger partial charge in [-0.15, -0.1) is 0 Å². The third-order valence-electron chi connectivity index (χ3n) is 2.54. The van der Waals surface area contributed by atoms with E-state index < -0.39 is 11.8 Å². The molecular weight excluding hydrogens is 263 g/mol. The van der Waals surface area contributed by atoms with E-state index in [1.54, 1.807) is 12.1 Å². The number of nitrogens with zero attached hydrogens (tertiary/aromatic N) is 1. The Morgan fingerprint density at radius 3 is 2.70 bits per heavy atom. The van der Waals surface area contributed by atoms with E-state index in [0.717, 1.165) is 0 Å². The van der Waals surface area contributed by atoms with Gasteiger partial charge in [0.1, 0.15) is 11.6 Å². The Balaban J connectivity index is 2.17. The molecule has 20 heavy (non-hydrogen) atoms. The molecule has 0 aliphatic carbocycles. The monoisotopic (exact) mass is 274 g/mol. The zero-order chi connectivity index (χ0) is 14.5. The summed E-state index contributed by atoms with van der Waals surface area (Å²) in [6.07, 6.45) is 1.22. The summed E-state index contributed by atoms with van der Waals surface area (Å²) in [5, 5.41) is 22.2. The molecule has 0 fully saturated rings. The number of nitrogens with one attached hydrogen (secondary N) is 1. The Labute approximate surface area is 114 Å². The van der Waals surface area contributed by atoms with Crippen molar-refractivity contribution in [1.29, 1.82) is 0 Å². The lowest BCUT2D eigenvalue weighted by Crippen LogP contribution is -1.98. The van der Waals surface area contributed by atoms with E-state index >= 15 is 0 Å². The Bertz CT molecular complexity index is 671. The van der Waals surface area contributed by atoms with Crippen LogP contribution < -0.4 is 5.43 Å². The lowest BCUT2D eigenvalue weighted by Gasteiger charge is -2.02. The molecule has 2 aromatic rings. The number of aromatic hydroxyl groups is 1. The highest BCUT2D eigenvalue weighted by molar-refractivity contribution is 5.92. The molecule has 0 aliphatic rings. The van der Waals surface area contributed by atoms with Crippen LogP contribution in [0.3, 0.4) is 0 Å². The van der Waals surface area contributed by atoms with Crippen LogP contribution in [0.4, 0.5) is 10.1 Å². The number of benzene rings is 2. The number of rotatable bonds is 4. The molecule has 0 aromatic heterocycles. The maximum atomic E-state index is 13.3.